The van der Waals surface area contributed by atoms with Crippen molar-refractivity contribution in [1.29, 1.82) is 0 Å². The molecule has 0 atom stereocenters. The molecule has 0 saturated carbocycles. The van der Waals surface area contributed by atoms with Crippen LogP contribution in [0.4, 0.5) is 5.69 Å². The summed E-state index contributed by atoms with van der Waals surface area (Å²) in [7, 11) is 0. The molecule has 0 aliphatic carbocycles. The number of nitrogens with zero attached hydrogens (tertiary/aromatic N) is 1. The van der Waals surface area contributed by atoms with Crippen LogP contribution in [0.3, 0.4) is 0 Å². The highest BCUT2D eigenvalue weighted by Crippen LogP contribution is 2.22. The van der Waals surface area contributed by atoms with Crippen molar-refractivity contribution in [1.82, 2.24) is 10.3 Å². The van der Waals surface area contributed by atoms with Crippen molar-refractivity contribution in [3.05, 3.63) is 18.5 Å². The highest BCUT2D eigenvalue weighted by atomic mass is 32.2. The molecule has 0 unspecified atom stereocenters. The second kappa shape index (κ2) is 7.54. The summed E-state index contributed by atoms with van der Waals surface area (Å²) in [6.45, 7) is 0.373. The van der Waals surface area contributed by atoms with Gasteiger partial charge in [0.05, 0.1) is 17.6 Å². The lowest BCUT2D eigenvalue weighted by molar-refractivity contribution is -0.137. The number of carbonyl (C=O) groups is 2. The molecule has 0 fully saturated rings. The molecule has 0 bridgehead atoms. The molecule has 1 aromatic heterocycles. The van der Waals surface area contributed by atoms with E-state index in [1.165, 1.54) is 18.0 Å². The number of aliphatic carboxylic acids is 1. The lowest BCUT2D eigenvalue weighted by Gasteiger charge is -2.05. The van der Waals surface area contributed by atoms with Gasteiger partial charge in [-0.3, -0.25) is 14.6 Å². The number of carbonyl (C=O) groups excluding carboxylic acids is 1. The first-order valence-corrected chi connectivity index (χ1v) is 6.39. The van der Waals surface area contributed by atoms with Crippen LogP contribution >= 0.6 is 11.8 Å². The maximum Gasteiger partial charge on any atom is 0.303 e. The van der Waals surface area contributed by atoms with Gasteiger partial charge < -0.3 is 16.2 Å². The minimum atomic E-state index is -0.858. The minimum absolute atomic E-state index is 0.0602. The summed E-state index contributed by atoms with van der Waals surface area (Å²) in [5.74, 6) is -0.744. The van der Waals surface area contributed by atoms with Gasteiger partial charge in [0.2, 0.25) is 5.91 Å². The van der Waals surface area contributed by atoms with E-state index in [1.807, 2.05) is 0 Å². The fourth-order valence-electron chi connectivity index (χ4n) is 1.19. The van der Waals surface area contributed by atoms with Crippen molar-refractivity contribution < 1.29 is 14.7 Å². The van der Waals surface area contributed by atoms with Crippen LogP contribution in [-0.2, 0) is 9.59 Å². The van der Waals surface area contributed by atoms with Gasteiger partial charge in [0.25, 0.3) is 0 Å². The van der Waals surface area contributed by atoms with Gasteiger partial charge in [-0.1, -0.05) is 0 Å². The number of rotatable bonds is 7. The van der Waals surface area contributed by atoms with Crippen LogP contribution < -0.4 is 11.1 Å². The zero-order valence-corrected chi connectivity index (χ0v) is 10.6. The molecule has 98 valence electrons. The molecule has 1 heterocycles. The van der Waals surface area contributed by atoms with E-state index in [9.17, 15) is 9.59 Å². The Hall–Kier alpha value is -1.76. The standard InChI is InChI=1S/C11H15N3O3S/c12-8-6-13-5-3-9(8)18-7-10(15)14-4-1-2-11(16)17/h3,5-6H,1-2,4,7,12H2,(H,14,15)(H,16,17). The number of aromatic nitrogens is 1. The van der Waals surface area contributed by atoms with Gasteiger partial charge in [0, 0.05) is 24.1 Å². The number of carboxylic acids is 1. The van der Waals surface area contributed by atoms with Crippen molar-refractivity contribution in [2.24, 2.45) is 0 Å². The van der Waals surface area contributed by atoms with Gasteiger partial charge in [0.1, 0.15) is 0 Å². The molecule has 4 N–H and O–H groups in total. The maximum atomic E-state index is 11.4. The van der Waals surface area contributed by atoms with Crippen LogP contribution in [0.1, 0.15) is 12.8 Å². The van der Waals surface area contributed by atoms with Gasteiger partial charge in [0.15, 0.2) is 0 Å². The topological polar surface area (TPSA) is 105 Å². The van der Waals surface area contributed by atoms with E-state index in [2.05, 4.69) is 10.3 Å². The van der Waals surface area contributed by atoms with Crippen molar-refractivity contribution in [3.63, 3.8) is 0 Å². The van der Waals surface area contributed by atoms with Gasteiger partial charge >= 0.3 is 5.97 Å². The predicted octanol–water partition coefficient (Wildman–Crippen LogP) is 0.737. The Morgan fingerprint density at radius 3 is 2.94 bits per heavy atom. The molecule has 0 radical (unpaired) electrons. The van der Waals surface area contributed by atoms with Crippen molar-refractivity contribution >= 4 is 29.3 Å². The summed E-state index contributed by atoms with van der Waals surface area (Å²) >= 11 is 1.33. The second-order valence-electron chi connectivity index (χ2n) is 3.55. The predicted molar refractivity (Wildman–Crippen MR) is 69.3 cm³/mol. The fourth-order valence-corrected chi connectivity index (χ4v) is 1.95. The minimum Gasteiger partial charge on any atom is -0.481 e. The van der Waals surface area contributed by atoms with Crippen LogP contribution in [0.25, 0.3) is 0 Å². The normalized spacial score (nSPS) is 10.0. The molecule has 1 rings (SSSR count). The first kappa shape index (κ1) is 14.3. The van der Waals surface area contributed by atoms with Gasteiger partial charge in [-0.2, -0.15) is 0 Å². The number of carboxylic acid groups (broad SMARTS) is 1. The SMILES string of the molecule is Nc1cnccc1SCC(=O)NCCCC(=O)O. The number of anilines is 1. The Kier molecular flexibility index (Phi) is 5.99. The van der Waals surface area contributed by atoms with Gasteiger partial charge in [-0.15, -0.1) is 11.8 Å². The molecular weight excluding hydrogens is 254 g/mol. The van der Waals surface area contributed by atoms with Gasteiger partial charge in [-0.05, 0) is 12.5 Å². The molecule has 1 aromatic rings. The molecule has 6 nitrogen and oxygen atoms in total. The number of thioether (sulfide) groups is 1. The summed E-state index contributed by atoms with van der Waals surface area (Å²) in [5.41, 5.74) is 6.22. The highest BCUT2D eigenvalue weighted by Gasteiger charge is 2.05. The number of nitrogens with one attached hydrogen (secondary N) is 1. The van der Waals surface area contributed by atoms with E-state index < -0.39 is 5.97 Å². The lowest BCUT2D eigenvalue weighted by Crippen LogP contribution is -2.26. The Bertz CT molecular complexity index is 426. The van der Waals surface area contributed by atoms with Crippen LogP contribution in [0.2, 0.25) is 0 Å². The molecule has 1 amide bonds. The summed E-state index contributed by atoms with van der Waals surface area (Å²) < 4.78 is 0. The third-order valence-electron chi connectivity index (χ3n) is 2.06. The zero-order chi connectivity index (χ0) is 13.4. The van der Waals surface area contributed by atoms with E-state index in [0.717, 1.165) is 4.90 Å². The summed E-state index contributed by atoms with van der Waals surface area (Å²) in [6.07, 6.45) is 3.64. The third-order valence-corrected chi connectivity index (χ3v) is 3.15. The molecule has 0 aromatic carbocycles. The molecule has 0 spiro atoms. The van der Waals surface area contributed by atoms with Crippen LogP contribution in [0.15, 0.2) is 23.4 Å². The maximum absolute atomic E-state index is 11.4. The summed E-state index contributed by atoms with van der Waals surface area (Å²) in [6, 6.07) is 1.75. The van der Waals surface area contributed by atoms with E-state index in [-0.39, 0.29) is 18.1 Å². The Morgan fingerprint density at radius 1 is 1.50 bits per heavy atom. The fraction of sp³-hybridized carbons (Fsp3) is 0.364. The molecule has 0 aliphatic rings. The Morgan fingerprint density at radius 2 is 2.28 bits per heavy atom. The summed E-state index contributed by atoms with van der Waals surface area (Å²) in [4.78, 5) is 26.4. The second-order valence-corrected chi connectivity index (χ2v) is 4.57. The van der Waals surface area contributed by atoms with E-state index in [0.29, 0.717) is 18.7 Å². The lowest BCUT2D eigenvalue weighted by atomic mass is 10.3. The monoisotopic (exact) mass is 269 g/mol. The number of hydrogen-bond acceptors (Lipinski definition) is 5. The molecule has 18 heavy (non-hydrogen) atoms. The first-order chi connectivity index (χ1) is 8.59. The van der Waals surface area contributed by atoms with Gasteiger partial charge in [-0.25, -0.2) is 0 Å². The Labute approximate surface area is 109 Å². The Balaban J connectivity index is 2.21. The number of pyridine rings is 1. The highest BCUT2D eigenvalue weighted by molar-refractivity contribution is 8.00. The van der Waals surface area contributed by atoms with Crippen molar-refractivity contribution in [2.45, 2.75) is 17.7 Å². The van der Waals surface area contributed by atoms with E-state index in [4.69, 9.17) is 10.8 Å². The smallest absolute Gasteiger partial charge is 0.303 e. The summed E-state index contributed by atoms with van der Waals surface area (Å²) in [5, 5.41) is 11.1. The first-order valence-electron chi connectivity index (χ1n) is 5.40. The van der Waals surface area contributed by atoms with Crippen LogP contribution in [0.5, 0.6) is 0 Å². The number of hydrogen-bond donors (Lipinski definition) is 3. The van der Waals surface area contributed by atoms with E-state index >= 15 is 0 Å². The zero-order valence-electron chi connectivity index (χ0n) is 9.76. The largest absolute Gasteiger partial charge is 0.481 e. The molecular formula is C11H15N3O3S. The molecule has 0 saturated heterocycles. The number of nitrogens with two attached hydrogens (primary N) is 1. The number of nitrogen functional groups attached to an aromatic ring is 1. The number of amides is 1. The third kappa shape index (κ3) is 5.53. The molecule has 0 aliphatic heterocycles. The van der Waals surface area contributed by atoms with Crippen molar-refractivity contribution in [2.75, 3.05) is 18.0 Å². The van der Waals surface area contributed by atoms with Crippen molar-refractivity contribution in [3.8, 4) is 0 Å². The molecule has 7 heteroatoms. The van der Waals surface area contributed by atoms with E-state index in [1.54, 1.807) is 12.3 Å². The van der Waals surface area contributed by atoms with Crippen LogP contribution in [-0.4, -0.2) is 34.3 Å². The average molecular weight is 269 g/mol. The van der Waals surface area contributed by atoms with Crippen LogP contribution in [0, 0.1) is 0 Å². The quantitative estimate of drug-likeness (QED) is 0.498. The average Bonchev–Trinajstić information content (AvgIpc) is 2.33.